The van der Waals surface area contributed by atoms with Crippen LogP contribution in [0.3, 0.4) is 0 Å². The van der Waals surface area contributed by atoms with Gasteiger partial charge in [-0.25, -0.2) is 4.39 Å². The molecule has 0 heterocycles. The maximum absolute atomic E-state index is 15.1. The van der Waals surface area contributed by atoms with Crippen LogP contribution < -0.4 is 9.47 Å². The van der Waals surface area contributed by atoms with Gasteiger partial charge >= 0.3 is 5.97 Å². The molecule has 0 aliphatic heterocycles. The van der Waals surface area contributed by atoms with Crippen molar-refractivity contribution in [2.75, 3.05) is 28.3 Å². The zero-order valence-electron chi connectivity index (χ0n) is 23.3. The van der Waals surface area contributed by atoms with E-state index in [0.29, 0.717) is 36.2 Å². The highest BCUT2D eigenvalue weighted by molar-refractivity contribution is 5.71. The minimum Gasteiger partial charge on any atom is -0.497 e. The molecule has 39 heavy (non-hydrogen) atoms. The second kappa shape index (κ2) is 11.8. The Bertz CT molecular complexity index is 1310. The lowest BCUT2D eigenvalue weighted by Gasteiger charge is -2.28. The molecule has 0 spiro atoms. The number of rotatable bonds is 12. The highest BCUT2D eigenvalue weighted by Crippen LogP contribution is 2.47. The molecular weight excluding hydrogens is 493 g/mol. The van der Waals surface area contributed by atoms with Crippen molar-refractivity contribution >= 4 is 5.97 Å². The van der Waals surface area contributed by atoms with Crippen molar-refractivity contribution in [3.05, 3.63) is 83.2 Å². The maximum Gasteiger partial charge on any atom is 0.306 e. The zero-order chi connectivity index (χ0) is 27.5. The topological polar surface area (TPSA) is 48.0 Å². The number of carbonyl (C=O) groups is 1. The minimum absolute atomic E-state index is 0.157. The average Bonchev–Trinajstić information content (AvgIpc) is 3.86. The van der Waals surface area contributed by atoms with E-state index in [0.717, 1.165) is 40.8 Å². The van der Waals surface area contributed by atoms with Crippen LogP contribution >= 0.6 is 0 Å². The molecule has 0 amide bonds. The van der Waals surface area contributed by atoms with Crippen molar-refractivity contribution in [2.45, 2.75) is 50.7 Å². The third kappa shape index (κ3) is 6.44. The summed E-state index contributed by atoms with van der Waals surface area (Å²) in [5.74, 6) is 2.20. The van der Waals surface area contributed by atoms with Crippen molar-refractivity contribution < 1.29 is 23.4 Å². The Hall–Kier alpha value is -3.38. The number of carbonyl (C=O) groups excluding carboxylic acids is 1. The first-order chi connectivity index (χ1) is 18.9. The van der Waals surface area contributed by atoms with Crippen molar-refractivity contribution in [3.63, 3.8) is 0 Å². The Morgan fingerprint density at radius 2 is 1.69 bits per heavy atom. The summed E-state index contributed by atoms with van der Waals surface area (Å²) in [6.45, 7) is 0.396. The molecule has 3 aromatic rings. The molecule has 5 nitrogen and oxygen atoms in total. The van der Waals surface area contributed by atoms with E-state index in [1.807, 2.05) is 24.3 Å². The van der Waals surface area contributed by atoms with Crippen LogP contribution in [0, 0.1) is 17.7 Å². The van der Waals surface area contributed by atoms with E-state index < -0.39 is 0 Å². The van der Waals surface area contributed by atoms with Crippen LogP contribution in [0.2, 0.25) is 0 Å². The minimum atomic E-state index is -0.261. The Balaban J connectivity index is 1.41. The number of esters is 1. The summed E-state index contributed by atoms with van der Waals surface area (Å²) in [6, 6.07) is 19.4. The molecule has 0 N–H and O–H groups in total. The van der Waals surface area contributed by atoms with Crippen molar-refractivity contribution in [3.8, 4) is 22.6 Å². The Morgan fingerprint density at radius 3 is 2.36 bits per heavy atom. The SMILES string of the molecule is COC(=O)C[C@@H](c1cccc(OCc2ccc(-c3cc(OC)ccc3F)c(C(C3CC3)N(C)C)c2)c1)C1CC1. The lowest BCUT2D eigenvalue weighted by atomic mass is 9.90. The van der Waals surface area contributed by atoms with Gasteiger partial charge in [0.2, 0.25) is 0 Å². The monoisotopic (exact) mass is 531 g/mol. The predicted molar refractivity (Wildman–Crippen MR) is 150 cm³/mol. The molecule has 1 unspecified atom stereocenters. The van der Waals surface area contributed by atoms with Crippen LogP contribution in [0.15, 0.2) is 60.7 Å². The normalized spacial score (nSPS) is 16.6. The lowest BCUT2D eigenvalue weighted by Crippen LogP contribution is -2.22. The maximum atomic E-state index is 15.1. The zero-order valence-corrected chi connectivity index (χ0v) is 23.3. The van der Waals surface area contributed by atoms with Gasteiger partial charge in [0.15, 0.2) is 0 Å². The lowest BCUT2D eigenvalue weighted by molar-refractivity contribution is -0.141. The number of methoxy groups -OCH3 is 2. The molecule has 0 aromatic heterocycles. The molecule has 206 valence electrons. The van der Waals surface area contributed by atoms with Gasteiger partial charge in [0.1, 0.15) is 23.9 Å². The summed E-state index contributed by atoms with van der Waals surface area (Å²) in [4.78, 5) is 14.2. The van der Waals surface area contributed by atoms with Gasteiger partial charge in [-0.2, -0.15) is 0 Å². The van der Waals surface area contributed by atoms with Gasteiger partial charge in [-0.1, -0.05) is 30.3 Å². The standard InChI is InChI=1S/C33H38FNO4/c1-35(2)33(23-11-12-23)30-16-21(8-14-27(30)29-18-25(37-3)13-15-31(29)34)20-39-26-7-5-6-24(17-26)28(22-9-10-22)19-32(36)38-4/h5-8,13-18,22-23,28,33H,9-12,19-20H2,1-4H3/t28-,33?/m1/s1. The molecule has 0 saturated heterocycles. The summed E-state index contributed by atoms with van der Waals surface area (Å²) >= 11 is 0. The molecule has 2 aliphatic rings. The van der Waals surface area contributed by atoms with Gasteiger partial charge in [0, 0.05) is 11.6 Å². The largest absolute Gasteiger partial charge is 0.497 e. The van der Waals surface area contributed by atoms with E-state index in [2.05, 4.69) is 37.2 Å². The molecule has 0 radical (unpaired) electrons. The number of benzene rings is 3. The quantitative estimate of drug-likeness (QED) is 0.232. The highest BCUT2D eigenvalue weighted by Gasteiger charge is 2.36. The molecule has 3 aromatic carbocycles. The average molecular weight is 532 g/mol. The van der Waals surface area contributed by atoms with E-state index in [4.69, 9.17) is 14.2 Å². The number of halogens is 1. The number of hydrogen-bond donors (Lipinski definition) is 0. The van der Waals surface area contributed by atoms with Crippen molar-refractivity contribution in [2.24, 2.45) is 11.8 Å². The molecule has 6 heteroatoms. The summed E-state index contributed by atoms with van der Waals surface area (Å²) < 4.78 is 31.7. The first-order valence-corrected chi connectivity index (χ1v) is 13.8. The van der Waals surface area contributed by atoms with Gasteiger partial charge in [-0.3, -0.25) is 4.79 Å². The fourth-order valence-electron chi connectivity index (χ4n) is 5.72. The molecule has 0 bridgehead atoms. The van der Waals surface area contributed by atoms with Crippen LogP contribution in [0.5, 0.6) is 11.5 Å². The van der Waals surface area contributed by atoms with Crippen molar-refractivity contribution in [1.82, 2.24) is 4.90 Å². The molecule has 2 atom stereocenters. The van der Waals surface area contributed by atoms with Gasteiger partial charge < -0.3 is 19.1 Å². The number of hydrogen-bond acceptors (Lipinski definition) is 5. The van der Waals surface area contributed by atoms with E-state index in [1.54, 1.807) is 19.2 Å². The highest BCUT2D eigenvalue weighted by atomic mass is 19.1. The number of ether oxygens (including phenoxy) is 3. The van der Waals surface area contributed by atoms with Gasteiger partial charge in [0.05, 0.1) is 20.6 Å². The molecule has 2 fully saturated rings. The summed E-state index contributed by atoms with van der Waals surface area (Å²) in [5.41, 5.74) is 4.69. The second-order valence-corrected chi connectivity index (χ2v) is 11.1. The van der Waals surface area contributed by atoms with Gasteiger partial charge in [-0.05, 0) is 110 Å². The smallest absolute Gasteiger partial charge is 0.306 e. The summed E-state index contributed by atoms with van der Waals surface area (Å²) in [7, 11) is 7.22. The van der Waals surface area contributed by atoms with E-state index >= 15 is 4.39 Å². The Labute approximate surface area is 230 Å². The fraction of sp³-hybridized carbons (Fsp3) is 0.424. The summed E-state index contributed by atoms with van der Waals surface area (Å²) in [6.07, 6.45) is 5.02. The van der Waals surface area contributed by atoms with Crippen LogP contribution in [-0.2, 0) is 16.1 Å². The first kappa shape index (κ1) is 27.2. The Kier molecular flexibility index (Phi) is 8.22. The summed E-state index contributed by atoms with van der Waals surface area (Å²) in [5, 5.41) is 0. The molecule has 2 saturated carbocycles. The number of nitrogens with zero attached hydrogens (tertiary/aromatic N) is 1. The first-order valence-electron chi connectivity index (χ1n) is 13.8. The van der Waals surface area contributed by atoms with Gasteiger partial charge in [-0.15, -0.1) is 0 Å². The van der Waals surface area contributed by atoms with Crippen LogP contribution in [0.25, 0.3) is 11.1 Å². The van der Waals surface area contributed by atoms with Crippen molar-refractivity contribution in [1.29, 1.82) is 0 Å². The predicted octanol–water partition coefficient (Wildman–Crippen LogP) is 7.15. The molecule has 2 aliphatic carbocycles. The van der Waals surface area contributed by atoms with Crippen LogP contribution in [0.4, 0.5) is 4.39 Å². The second-order valence-electron chi connectivity index (χ2n) is 11.1. The van der Waals surface area contributed by atoms with E-state index in [1.165, 1.54) is 26.0 Å². The van der Waals surface area contributed by atoms with Crippen LogP contribution in [0.1, 0.15) is 60.8 Å². The third-order valence-corrected chi connectivity index (χ3v) is 8.02. The Morgan fingerprint density at radius 1 is 0.923 bits per heavy atom. The van der Waals surface area contributed by atoms with E-state index in [9.17, 15) is 4.79 Å². The molecule has 5 rings (SSSR count). The van der Waals surface area contributed by atoms with Gasteiger partial charge in [0.25, 0.3) is 0 Å². The van der Waals surface area contributed by atoms with E-state index in [-0.39, 0.29) is 23.7 Å². The fourth-order valence-corrected chi connectivity index (χ4v) is 5.72. The third-order valence-electron chi connectivity index (χ3n) is 8.02. The van der Waals surface area contributed by atoms with Crippen LogP contribution in [-0.4, -0.2) is 39.2 Å². The molecular formula is C33H38FNO4.